The molecular formula is C16H11N3O4. The molecule has 0 aliphatic rings. The highest BCUT2D eigenvalue weighted by Crippen LogP contribution is 2.18. The van der Waals surface area contributed by atoms with Crippen molar-refractivity contribution in [1.82, 2.24) is 0 Å². The molecule has 2 aromatic rings. The number of hydrogen-bond donors (Lipinski definition) is 0. The van der Waals surface area contributed by atoms with E-state index in [1.165, 1.54) is 36.4 Å². The SMILES string of the molecule is N#Cc1ccc(OCCOc2ccc([N+](=O)[O-])cc2)cc1C#N. The van der Waals surface area contributed by atoms with Gasteiger partial charge in [0.05, 0.1) is 16.1 Å². The van der Waals surface area contributed by atoms with E-state index < -0.39 is 4.92 Å². The number of nitro groups is 1. The van der Waals surface area contributed by atoms with E-state index in [4.69, 9.17) is 20.0 Å². The number of hydrogen-bond acceptors (Lipinski definition) is 6. The van der Waals surface area contributed by atoms with Gasteiger partial charge in [0.2, 0.25) is 0 Å². The molecule has 2 rings (SSSR count). The molecule has 0 radical (unpaired) electrons. The molecule has 0 bridgehead atoms. The number of ether oxygens (including phenoxy) is 2. The summed E-state index contributed by atoms with van der Waals surface area (Å²) in [5, 5.41) is 28.3. The molecule has 0 aliphatic heterocycles. The fraction of sp³-hybridized carbons (Fsp3) is 0.125. The Hall–Kier alpha value is -3.58. The van der Waals surface area contributed by atoms with Crippen molar-refractivity contribution in [3.05, 3.63) is 63.7 Å². The monoisotopic (exact) mass is 309 g/mol. The van der Waals surface area contributed by atoms with Crippen LogP contribution in [0.25, 0.3) is 0 Å². The van der Waals surface area contributed by atoms with Crippen molar-refractivity contribution in [2.75, 3.05) is 13.2 Å². The van der Waals surface area contributed by atoms with Gasteiger partial charge < -0.3 is 9.47 Å². The highest BCUT2D eigenvalue weighted by atomic mass is 16.6. The molecule has 114 valence electrons. The number of benzene rings is 2. The van der Waals surface area contributed by atoms with Gasteiger partial charge in [-0.25, -0.2) is 0 Å². The zero-order valence-electron chi connectivity index (χ0n) is 11.9. The molecule has 0 fully saturated rings. The molecule has 0 saturated carbocycles. The maximum absolute atomic E-state index is 10.5. The average molecular weight is 309 g/mol. The Kier molecular flexibility index (Phi) is 5.11. The number of nitrogens with zero attached hydrogens (tertiary/aromatic N) is 3. The van der Waals surface area contributed by atoms with E-state index in [1.807, 2.05) is 12.1 Å². The van der Waals surface area contributed by atoms with Crippen LogP contribution in [0.3, 0.4) is 0 Å². The van der Waals surface area contributed by atoms with E-state index in [0.29, 0.717) is 17.1 Å². The zero-order valence-corrected chi connectivity index (χ0v) is 11.9. The normalized spacial score (nSPS) is 9.48. The van der Waals surface area contributed by atoms with Crippen LogP contribution in [-0.2, 0) is 0 Å². The summed E-state index contributed by atoms with van der Waals surface area (Å²) in [4.78, 5) is 10.0. The molecule has 0 heterocycles. The Labute approximate surface area is 132 Å². The molecule has 0 aromatic heterocycles. The first-order valence-corrected chi connectivity index (χ1v) is 6.58. The van der Waals surface area contributed by atoms with Gasteiger partial charge in [0.15, 0.2) is 0 Å². The quantitative estimate of drug-likeness (QED) is 0.461. The molecule has 7 heteroatoms. The lowest BCUT2D eigenvalue weighted by Crippen LogP contribution is -2.09. The van der Waals surface area contributed by atoms with Crippen molar-refractivity contribution in [2.24, 2.45) is 0 Å². The summed E-state index contributed by atoms with van der Waals surface area (Å²) in [6.45, 7) is 0.466. The largest absolute Gasteiger partial charge is 0.490 e. The Morgan fingerprint density at radius 1 is 0.913 bits per heavy atom. The van der Waals surface area contributed by atoms with Crippen LogP contribution in [0.5, 0.6) is 11.5 Å². The van der Waals surface area contributed by atoms with Crippen LogP contribution in [0.1, 0.15) is 11.1 Å². The fourth-order valence-corrected chi connectivity index (χ4v) is 1.79. The summed E-state index contributed by atoms with van der Waals surface area (Å²) in [7, 11) is 0. The van der Waals surface area contributed by atoms with Gasteiger partial charge in [-0.05, 0) is 30.3 Å². The van der Waals surface area contributed by atoms with Crippen LogP contribution < -0.4 is 9.47 Å². The molecule has 7 nitrogen and oxygen atoms in total. The smallest absolute Gasteiger partial charge is 0.269 e. The second-order valence-corrected chi connectivity index (χ2v) is 4.38. The third-order valence-electron chi connectivity index (χ3n) is 2.90. The highest BCUT2D eigenvalue weighted by Gasteiger charge is 2.05. The van der Waals surface area contributed by atoms with Crippen LogP contribution in [-0.4, -0.2) is 18.1 Å². The van der Waals surface area contributed by atoms with Gasteiger partial charge in [0.1, 0.15) is 36.9 Å². The third kappa shape index (κ3) is 4.19. The Morgan fingerprint density at radius 3 is 2.04 bits per heavy atom. The predicted molar refractivity (Wildman–Crippen MR) is 80.0 cm³/mol. The summed E-state index contributed by atoms with van der Waals surface area (Å²) in [5.74, 6) is 0.963. The van der Waals surface area contributed by atoms with E-state index in [9.17, 15) is 10.1 Å². The van der Waals surface area contributed by atoms with Crippen LogP contribution in [0.15, 0.2) is 42.5 Å². The molecule has 0 aliphatic carbocycles. The predicted octanol–water partition coefficient (Wildman–Crippen LogP) is 2.80. The fourth-order valence-electron chi connectivity index (χ4n) is 1.79. The zero-order chi connectivity index (χ0) is 16.7. The molecule has 0 spiro atoms. The maximum atomic E-state index is 10.5. The summed E-state index contributed by atoms with van der Waals surface area (Å²) in [6.07, 6.45) is 0. The lowest BCUT2D eigenvalue weighted by atomic mass is 10.1. The molecule has 23 heavy (non-hydrogen) atoms. The van der Waals surface area contributed by atoms with E-state index in [0.717, 1.165) is 0 Å². The summed E-state index contributed by atoms with van der Waals surface area (Å²) < 4.78 is 10.8. The first-order chi connectivity index (χ1) is 11.1. The Bertz CT molecular complexity index is 788. The lowest BCUT2D eigenvalue weighted by Gasteiger charge is -2.08. The number of nitriles is 2. The average Bonchev–Trinajstić information content (AvgIpc) is 2.58. The van der Waals surface area contributed by atoms with Gasteiger partial charge in [0.25, 0.3) is 5.69 Å². The lowest BCUT2D eigenvalue weighted by molar-refractivity contribution is -0.384. The molecule has 0 N–H and O–H groups in total. The van der Waals surface area contributed by atoms with Gasteiger partial charge in [0, 0.05) is 12.1 Å². The minimum Gasteiger partial charge on any atom is -0.490 e. The summed E-state index contributed by atoms with van der Waals surface area (Å²) in [5.41, 5.74) is 0.540. The van der Waals surface area contributed by atoms with Crippen LogP contribution in [0, 0.1) is 32.8 Å². The van der Waals surface area contributed by atoms with E-state index >= 15 is 0 Å². The van der Waals surface area contributed by atoms with Crippen molar-refractivity contribution >= 4 is 5.69 Å². The Balaban J connectivity index is 1.85. The van der Waals surface area contributed by atoms with Crippen LogP contribution in [0.2, 0.25) is 0 Å². The van der Waals surface area contributed by atoms with Gasteiger partial charge in [-0.1, -0.05) is 0 Å². The second kappa shape index (κ2) is 7.43. The van der Waals surface area contributed by atoms with Crippen molar-refractivity contribution in [3.63, 3.8) is 0 Å². The molecule has 0 amide bonds. The number of rotatable bonds is 6. The molecule has 0 unspecified atom stereocenters. The number of nitro benzene ring substituents is 1. The second-order valence-electron chi connectivity index (χ2n) is 4.38. The van der Waals surface area contributed by atoms with Gasteiger partial charge in [-0.2, -0.15) is 10.5 Å². The number of non-ortho nitro benzene ring substituents is 1. The summed E-state index contributed by atoms with van der Waals surface area (Å²) in [6, 6.07) is 14.2. The first-order valence-electron chi connectivity index (χ1n) is 6.58. The third-order valence-corrected chi connectivity index (χ3v) is 2.90. The minimum atomic E-state index is -0.482. The molecule has 0 atom stereocenters. The molecule has 0 saturated heterocycles. The Morgan fingerprint density at radius 2 is 1.48 bits per heavy atom. The van der Waals surface area contributed by atoms with Crippen molar-refractivity contribution in [3.8, 4) is 23.6 Å². The maximum Gasteiger partial charge on any atom is 0.269 e. The first kappa shape index (κ1) is 15.8. The van der Waals surface area contributed by atoms with Gasteiger partial charge in [-0.15, -0.1) is 0 Å². The molecule has 2 aromatic carbocycles. The van der Waals surface area contributed by atoms with Crippen molar-refractivity contribution in [1.29, 1.82) is 10.5 Å². The van der Waals surface area contributed by atoms with Crippen molar-refractivity contribution in [2.45, 2.75) is 0 Å². The van der Waals surface area contributed by atoms with Crippen LogP contribution >= 0.6 is 0 Å². The van der Waals surface area contributed by atoms with Crippen LogP contribution in [0.4, 0.5) is 5.69 Å². The molecular weight excluding hydrogens is 298 g/mol. The topological polar surface area (TPSA) is 109 Å². The standard InChI is InChI=1S/C16H11N3O4/c17-10-12-1-4-16(9-13(12)11-18)23-8-7-22-15-5-2-14(3-6-15)19(20)21/h1-6,9H,7-8H2. The van der Waals surface area contributed by atoms with E-state index in [2.05, 4.69) is 0 Å². The van der Waals surface area contributed by atoms with Gasteiger partial charge >= 0.3 is 0 Å². The van der Waals surface area contributed by atoms with E-state index in [1.54, 1.807) is 6.07 Å². The van der Waals surface area contributed by atoms with Crippen molar-refractivity contribution < 1.29 is 14.4 Å². The summed E-state index contributed by atoms with van der Waals surface area (Å²) >= 11 is 0. The van der Waals surface area contributed by atoms with Gasteiger partial charge in [-0.3, -0.25) is 10.1 Å². The minimum absolute atomic E-state index is 0.00443. The highest BCUT2D eigenvalue weighted by molar-refractivity contribution is 5.49. The van der Waals surface area contributed by atoms with E-state index in [-0.39, 0.29) is 24.5 Å².